The summed E-state index contributed by atoms with van der Waals surface area (Å²) < 4.78 is 1.97. The van der Waals surface area contributed by atoms with Crippen LogP contribution in [0.2, 0.25) is 5.02 Å². The van der Waals surface area contributed by atoms with Gasteiger partial charge in [-0.25, -0.2) is 0 Å². The van der Waals surface area contributed by atoms with Crippen molar-refractivity contribution in [1.82, 2.24) is 14.8 Å². The second kappa shape index (κ2) is 7.87. The van der Waals surface area contributed by atoms with Gasteiger partial charge in [0.25, 0.3) is 0 Å². The smallest absolute Gasteiger partial charge is 0.196 e. The molecule has 1 heterocycles. The van der Waals surface area contributed by atoms with E-state index in [4.69, 9.17) is 11.6 Å². The predicted octanol–water partition coefficient (Wildman–Crippen LogP) is 5.57. The van der Waals surface area contributed by atoms with Crippen molar-refractivity contribution in [3.05, 3.63) is 59.1 Å². The summed E-state index contributed by atoms with van der Waals surface area (Å²) >= 11 is 7.43. The van der Waals surface area contributed by atoms with E-state index >= 15 is 0 Å². The molecule has 0 N–H and O–H groups in total. The maximum absolute atomic E-state index is 11.4. The predicted molar refractivity (Wildman–Crippen MR) is 112 cm³/mol. The fourth-order valence-corrected chi connectivity index (χ4v) is 3.54. The van der Waals surface area contributed by atoms with Gasteiger partial charge in [0.15, 0.2) is 11.0 Å². The summed E-state index contributed by atoms with van der Waals surface area (Å²) in [6.45, 7) is 8.14. The highest BCUT2D eigenvalue weighted by Crippen LogP contribution is 2.30. The number of Topliss-reactive ketones (excluding diaryl/α,β-unsaturated/α-hetero) is 1. The highest BCUT2D eigenvalue weighted by molar-refractivity contribution is 7.99. The van der Waals surface area contributed by atoms with Crippen LogP contribution in [0.5, 0.6) is 0 Å². The Bertz CT molecular complexity index is 941. The molecule has 0 amide bonds. The van der Waals surface area contributed by atoms with E-state index in [0.717, 1.165) is 17.1 Å². The zero-order chi connectivity index (χ0) is 19.6. The van der Waals surface area contributed by atoms with E-state index in [1.165, 1.54) is 17.3 Å². The van der Waals surface area contributed by atoms with Crippen molar-refractivity contribution in [3.63, 3.8) is 0 Å². The molecule has 0 saturated heterocycles. The van der Waals surface area contributed by atoms with Crippen LogP contribution < -0.4 is 0 Å². The minimum absolute atomic E-state index is 0.0882. The van der Waals surface area contributed by atoms with Gasteiger partial charge in [-0.15, -0.1) is 10.2 Å². The molecule has 0 atom stereocenters. The fraction of sp³-hybridized carbons (Fsp3) is 0.286. The molecule has 27 heavy (non-hydrogen) atoms. The topological polar surface area (TPSA) is 47.8 Å². The Hall–Kier alpha value is -2.11. The lowest BCUT2D eigenvalue weighted by molar-refractivity contribution is -0.114. The van der Waals surface area contributed by atoms with Gasteiger partial charge in [0, 0.05) is 16.3 Å². The first-order valence-corrected chi connectivity index (χ1v) is 10.1. The molecule has 3 rings (SSSR count). The Balaban J connectivity index is 2.07. The highest BCUT2D eigenvalue weighted by Gasteiger charge is 2.18. The van der Waals surface area contributed by atoms with Gasteiger partial charge >= 0.3 is 0 Å². The van der Waals surface area contributed by atoms with Crippen LogP contribution in [0.4, 0.5) is 0 Å². The van der Waals surface area contributed by atoms with E-state index < -0.39 is 0 Å². The minimum Gasteiger partial charge on any atom is -0.299 e. The molecule has 0 aliphatic rings. The van der Waals surface area contributed by atoms with Crippen molar-refractivity contribution in [2.45, 2.75) is 38.3 Å². The molecule has 3 aromatic rings. The highest BCUT2D eigenvalue weighted by atomic mass is 35.5. The number of aromatic nitrogens is 3. The van der Waals surface area contributed by atoms with Gasteiger partial charge in [-0.05, 0) is 42.2 Å². The third-order valence-electron chi connectivity index (χ3n) is 4.13. The number of nitrogens with zero attached hydrogens (tertiary/aromatic N) is 3. The molecule has 0 fully saturated rings. The molecule has 0 aliphatic carbocycles. The maximum atomic E-state index is 11.4. The normalized spacial score (nSPS) is 11.6. The van der Waals surface area contributed by atoms with Crippen LogP contribution in [0.1, 0.15) is 33.3 Å². The summed E-state index contributed by atoms with van der Waals surface area (Å²) in [7, 11) is 0. The summed E-state index contributed by atoms with van der Waals surface area (Å²) in [4.78, 5) is 11.4. The molecule has 0 unspecified atom stereocenters. The van der Waals surface area contributed by atoms with E-state index in [-0.39, 0.29) is 11.2 Å². The number of carbonyl (C=O) groups excluding carboxylic acids is 1. The zero-order valence-electron chi connectivity index (χ0n) is 15.9. The lowest BCUT2D eigenvalue weighted by atomic mass is 9.87. The molecule has 2 aromatic carbocycles. The van der Waals surface area contributed by atoms with Gasteiger partial charge in [0.1, 0.15) is 5.78 Å². The quantitative estimate of drug-likeness (QED) is 0.526. The molecule has 0 aliphatic heterocycles. The van der Waals surface area contributed by atoms with E-state index in [9.17, 15) is 4.79 Å². The number of ketones is 1. The molecule has 0 bridgehead atoms. The molecular weight excluding hydrogens is 378 g/mol. The Morgan fingerprint density at radius 1 is 1.04 bits per heavy atom. The molecule has 0 spiro atoms. The average molecular weight is 400 g/mol. The van der Waals surface area contributed by atoms with Gasteiger partial charge in [0.05, 0.1) is 5.75 Å². The van der Waals surface area contributed by atoms with Crippen LogP contribution in [-0.4, -0.2) is 26.3 Å². The third-order valence-corrected chi connectivity index (χ3v) is 5.46. The number of thioether (sulfide) groups is 1. The van der Waals surface area contributed by atoms with Gasteiger partial charge in [0.2, 0.25) is 0 Å². The van der Waals surface area contributed by atoms with Crippen LogP contribution in [0.15, 0.2) is 53.7 Å². The van der Waals surface area contributed by atoms with Crippen molar-refractivity contribution in [2.24, 2.45) is 0 Å². The third kappa shape index (κ3) is 4.60. The van der Waals surface area contributed by atoms with Gasteiger partial charge < -0.3 is 0 Å². The molecule has 0 radical (unpaired) electrons. The fourth-order valence-electron chi connectivity index (χ4n) is 2.66. The summed E-state index contributed by atoms with van der Waals surface area (Å²) in [5, 5.41) is 10.1. The second-order valence-electron chi connectivity index (χ2n) is 7.44. The number of carbonyl (C=O) groups is 1. The second-order valence-corrected chi connectivity index (χ2v) is 8.81. The first kappa shape index (κ1) is 19.6. The van der Waals surface area contributed by atoms with Crippen molar-refractivity contribution in [3.8, 4) is 17.1 Å². The lowest BCUT2D eigenvalue weighted by Crippen LogP contribution is -2.10. The lowest BCUT2D eigenvalue weighted by Gasteiger charge is -2.19. The van der Waals surface area contributed by atoms with Crippen LogP contribution in [0, 0.1) is 0 Å². The first-order valence-electron chi connectivity index (χ1n) is 8.70. The molecule has 0 saturated carbocycles. The summed E-state index contributed by atoms with van der Waals surface area (Å²) in [6, 6.07) is 15.9. The van der Waals surface area contributed by atoms with Crippen LogP contribution in [0.25, 0.3) is 17.1 Å². The summed E-state index contributed by atoms with van der Waals surface area (Å²) in [5.41, 5.74) is 3.23. The number of rotatable bonds is 5. The zero-order valence-corrected chi connectivity index (χ0v) is 17.4. The van der Waals surface area contributed by atoms with Gasteiger partial charge in [-0.1, -0.05) is 68.4 Å². The Morgan fingerprint density at radius 2 is 1.67 bits per heavy atom. The van der Waals surface area contributed by atoms with Crippen LogP contribution in [-0.2, 0) is 10.2 Å². The summed E-state index contributed by atoms with van der Waals surface area (Å²) in [6.07, 6.45) is 0. The molecular formula is C21H22ClN3OS. The van der Waals surface area contributed by atoms with Crippen molar-refractivity contribution in [1.29, 1.82) is 0 Å². The van der Waals surface area contributed by atoms with E-state index in [1.807, 2.05) is 28.8 Å². The number of hydrogen-bond donors (Lipinski definition) is 0. The van der Waals surface area contributed by atoms with Gasteiger partial charge in [-0.2, -0.15) is 0 Å². The van der Waals surface area contributed by atoms with E-state index in [2.05, 4.69) is 55.2 Å². The largest absolute Gasteiger partial charge is 0.299 e. The molecule has 140 valence electrons. The molecule has 6 heteroatoms. The Kier molecular flexibility index (Phi) is 5.72. The number of hydrogen-bond acceptors (Lipinski definition) is 4. The average Bonchev–Trinajstić information content (AvgIpc) is 3.04. The number of halogens is 1. The van der Waals surface area contributed by atoms with Crippen molar-refractivity contribution in [2.75, 3.05) is 5.75 Å². The Labute approximate surface area is 169 Å². The van der Waals surface area contributed by atoms with Gasteiger partial charge in [-0.3, -0.25) is 9.36 Å². The van der Waals surface area contributed by atoms with E-state index in [1.54, 1.807) is 6.92 Å². The molecule has 4 nitrogen and oxygen atoms in total. The van der Waals surface area contributed by atoms with Crippen molar-refractivity contribution >= 4 is 29.1 Å². The Morgan fingerprint density at radius 3 is 2.22 bits per heavy atom. The van der Waals surface area contributed by atoms with Crippen molar-refractivity contribution < 1.29 is 4.79 Å². The molecule has 1 aromatic heterocycles. The van der Waals surface area contributed by atoms with E-state index in [0.29, 0.717) is 15.9 Å². The monoisotopic (exact) mass is 399 g/mol. The van der Waals surface area contributed by atoms with Crippen LogP contribution >= 0.6 is 23.4 Å². The minimum atomic E-state index is 0.0882. The maximum Gasteiger partial charge on any atom is 0.196 e. The summed E-state index contributed by atoms with van der Waals surface area (Å²) in [5.74, 6) is 1.19. The van der Waals surface area contributed by atoms with Crippen LogP contribution in [0.3, 0.4) is 0 Å². The SMILES string of the molecule is CC(=O)CSc1nnc(-c2ccc(C(C)(C)C)cc2)n1-c1ccc(Cl)cc1. The first-order chi connectivity index (χ1) is 12.8. The standard InChI is InChI=1S/C21H22ClN3OS/c1-14(26)13-27-20-24-23-19(25(20)18-11-9-17(22)10-12-18)15-5-7-16(8-6-15)21(2,3)4/h5-12H,13H2,1-4H3. The number of benzene rings is 2.